The van der Waals surface area contributed by atoms with E-state index in [9.17, 15) is 9.59 Å². The van der Waals surface area contributed by atoms with E-state index in [1.165, 1.54) is 0 Å². The lowest BCUT2D eigenvalue weighted by Crippen LogP contribution is -2.64. The SMILES string of the molecule is CCCOCCCN1C(=O)C(C(C)C)NC(=O)C1CC. The maximum atomic E-state index is 12.5. The van der Waals surface area contributed by atoms with Gasteiger partial charge in [-0.15, -0.1) is 0 Å². The highest BCUT2D eigenvalue weighted by Gasteiger charge is 2.40. The van der Waals surface area contributed by atoms with Crippen LogP contribution < -0.4 is 5.32 Å². The molecule has 0 aliphatic carbocycles. The number of ether oxygens (including phenoxy) is 1. The number of nitrogens with zero attached hydrogens (tertiary/aromatic N) is 1. The Morgan fingerprint density at radius 3 is 2.50 bits per heavy atom. The summed E-state index contributed by atoms with van der Waals surface area (Å²) in [5, 5.41) is 2.85. The summed E-state index contributed by atoms with van der Waals surface area (Å²) in [5.41, 5.74) is 0. The van der Waals surface area contributed by atoms with Crippen LogP contribution in [0.5, 0.6) is 0 Å². The predicted octanol–water partition coefficient (Wildman–Crippen LogP) is 1.56. The number of hydrogen-bond acceptors (Lipinski definition) is 3. The molecule has 2 amide bonds. The second-order valence-electron chi connectivity index (χ2n) is 5.65. The summed E-state index contributed by atoms with van der Waals surface area (Å²) >= 11 is 0. The van der Waals surface area contributed by atoms with Gasteiger partial charge in [-0.25, -0.2) is 0 Å². The molecule has 0 aromatic rings. The van der Waals surface area contributed by atoms with Crippen molar-refractivity contribution in [1.29, 1.82) is 0 Å². The van der Waals surface area contributed by atoms with Crippen LogP contribution >= 0.6 is 0 Å². The second-order valence-corrected chi connectivity index (χ2v) is 5.65. The lowest BCUT2D eigenvalue weighted by atomic mass is 9.97. The molecule has 0 saturated carbocycles. The topological polar surface area (TPSA) is 58.6 Å². The van der Waals surface area contributed by atoms with E-state index in [4.69, 9.17) is 4.74 Å². The quantitative estimate of drug-likeness (QED) is 0.688. The Labute approximate surface area is 122 Å². The molecule has 1 rings (SSSR count). The van der Waals surface area contributed by atoms with Crippen LogP contribution in [0.2, 0.25) is 0 Å². The lowest BCUT2D eigenvalue weighted by molar-refractivity contribution is -0.151. The van der Waals surface area contributed by atoms with Gasteiger partial charge in [-0.3, -0.25) is 9.59 Å². The number of carbonyl (C=O) groups is 2. The average Bonchev–Trinajstić information content (AvgIpc) is 2.41. The first-order chi connectivity index (χ1) is 9.52. The number of nitrogens with one attached hydrogen (secondary N) is 1. The average molecular weight is 284 g/mol. The fourth-order valence-electron chi connectivity index (χ4n) is 2.49. The van der Waals surface area contributed by atoms with E-state index in [2.05, 4.69) is 12.2 Å². The minimum Gasteiger partial charge on any atom is -0.381 e. The van der Waals surface area contributed by atoms with Crippen LogP contribution in [-0.2, 0) is 14.3 Å². The third-order valence-electron chi connectivity index (χ3n) is 3.62. The molecule has 2 atom stereocenters. The lowest BCUT2D eigenvalue weighted by Gasteiger charge is -2.40. The molecule has 1 N–H and O–H groups in total. The van der Waals surface area contributed by atoms with Crippen molar-refractivity contribution < 1.29 is 14.3 Å². The number of rotatable bonds is 8. The zero-order valence-corrected chi connectivity index (χ0v) is 13.1. The van der Waals surface area contributed by atoms with E-state index in [0.29, 0.717) is 19.6 Å². The Morgan fingerprint density at radius 1 is 1.25 bits per heavy atom. The normalized spacial score (nSPS) is 23.4. The first-order valence-corrected chi connectivity index (χ1v) is 7.71. The van der Waals surface area contributed by atoms with Gasteiger partial charge in [0.05, 0.1) is 0 Å². The van der Waals surface area contributed by atoms with Gasteiger partial charge in [-0.1, -0.05) is 27.7 Å². The number of hydrogen-bond donors (Lipinski definition) is 1. The van der Waals surface area contributed by atoms with Crippen LogP contribution in [0.4, 0.5) is 0 Å². The smallest absolute Gasteiger partial charge is 0.246 e. The number of amides is 2. The van der Waals surface area contributed by atoms with Crippen molar-refractivity contribution in [2.45, 2.75) is 59.0 Å². The van der Waals surface area contributed by atoms with E-state index in [-0.39, 0.29) is 29.8 Å². The molecule has 0 radical (unpaired) electrons. The van der Waals surface area contributed by atoms with Gasteiger partial charge in [-0.2, -0.15) is 0 Å². The van der Waals surface area contributed by atoms with Crippen LogP contribution in [0.15, 0.2) is 0 Å². The summed E-state index contributed by atoms with van der Waals surface area (Å²) in [4.78, 5) is 26.3. The van der Waals surface area contributed by atoms with Crippen LogP contribution in [0.25, 0.3) is 0 Å². The summed E-state index contributed by atoms with van der Waals surface area (Å²) in [6, 6.07) is -0.717. The minimum absolute atomic E-state index is 0.0275. The monoisotopic (exact) mass is 284 g/mol. The summed E-state index contributed by atoms with van der Waals surface area (Å²) in [6.07, 6.45) is 2.43. The minimum atomic E-state index is -0.387. The van der Waals surface area contributed by atoms with Gasteiger partial charge in [0.15, 0.2) is 0 Å². The standard InChI is InChI=1S/C15H28N2O3/c1-5-9-20-10-7-8-17-12(6-2)14(18)16-13(11(3)4)15(17)19/h11-13H,5-10H2,1-4H3,(H,16,18). The Hall–Kier alpha value is -1.10. The maximum absolute atomic E-state index is 12.5. The Morgan fingerprint density at radius 2 is 1.95 bits per heavy atom. The molecule has 116 valence electrons. The van der Waals surface area contributed by atoms with E-state index >= 15 is 0 Å². The third kappa shape index (κ3) is 4.20. The van der Waals surface area contributed by atoms with Crippen LogP contribution in [-0.4, -0.2) is 48.6 Å². The number of piperazine rings is 1. The summed E-state index contributed by atoms with van der Waals surface area (Å²) < 4.78 is 5.44. The molecule has 5 nitrogen and oxygen atoms in total. The molecular formula is C15H28N2O3. The molecule has 1 aliphatic heterocycles. The van der Waals surface area contributed by atoms with Crippen molar-refractivity contribution in [2.75, 3.05) is 19.8 Å². The van der Waals surface area contributed by atoms with Crippen LogP contribution in [0.3, 0.4) is 0 Å². The highest BCUT2D eigenvalue weighted by molar-refractivity contribution is 5.97. The predicted molar refractivity (Wildman–Crippen MR) is 78.3 cm³/mol. The molecule has 2 unspecified atom stereocenters. The molecule has 0 bridgehead atoms. The van der Waals surface area contributed by atoms with E-state index < -0.39 is 0 Å². The molecule has 1 saturated heterocycles. The van der Waals surface area contributed by atoms with E-state index in [1.54, 1.807) is 4.90 Å². The zero-order chi connectivity index (χ0) is 15.1. The molecule has 5 heteroatoms. The maximum Gasteiger partial charge on any atom is 0.246 e. The van der Waals surface area contributed by atoms with E-state index in [1.807, 2.05) is 20.8 Å². The summed E-state index contributed by atoms with van der Waals surface area (Å²) in [7, 11) is 0. The molecule has 1 heterocycles. The summed E-state index contributed by atoms with van der Waals surface area (Å²) in [6.45, 7) is 9.90. The van der Waals surface area contributed by atoms with Crippen molar-refractivity contribution in [2.24, 2.45) is 5.92 Å². The largest absolute Gasteiger partial charge is 0.381 e. The van der Waals surface area contributed by atoms with Crippen LogP contribution in [0, 0.1) is 5.92 Å². The molecule has 0 spiro atoms. The van der Waals surface area contributed by atoms with Crippen molar-refractivity contribution in [3.8, 4) is 0 Å². The third-order valence-corrected chi connectivity index (χ3v) is 3.62. The van der Waals surface area contributed by atoms with Gasteiger partial charge in [-0.05, 0) is 25.2 Å². The van der Waals surface area contributed by atoms with Crippen molar-refractivity contribution in [3.63, 3.8) is 0 Å². The molecule has 0 aromatic heterocycles. The van der Waals surface area contributed by atoms with Gasteiger partial charge in [0.1, 0.15) is 12.1 Å². The molecule has 0 aromatic carbocycles. The fraction of sp³-hybridized carbons (Fsp3) is 0.867. The van der Waals surface area contributed by atoms with Gasteiger partial charge >= 0.3 is 0 Å². The first-order valence-electron chi connectivity index (χ1n) is 7.71. The Balaban J connectivity index is 2.61. The molecule has 20 heavy (non-hydrogen) atoms. The second kappa shape index (κ2) is 8.25. The Kier molecular flexibility index (Phi) is 6.99. The fourth-order valence-corrected chi connectivity index (χ4v) is 2.49. The van der Waals surface area contributed by atoms with Gasteiger partial charge in [0.2, 0.25) is 11.8 Å². The van der Waals surface area contributed by atoms with E-state index in [0.717, 1.165) is 19.4 Å². The summed E-state index contributed by atoms with van der Waals surface area (Å²) in [5.74, 6) is 0.130. The van der Waals surface area contributed by atoms with Crippen molar-refractivity contribution in [1.82, 2.24) is 10.2 Å². The molecule has 1 fully saturated rings. The van der Waals surface area contributed by atoms with Crippen molar-refractivity contribution in [3.05, 3.63) is 0 Å². The van der Waals surface area contributed by atoms with Gasteiger partial charge in [0, 0.05) is 19.8 Å². The van der Waals surface area contributed by atoms with Crippen LogP contribution in [0.1, 0.15) is 47.0 Å². The highest BCUT2D eigenvalue weighted by atomic mass is 16.5. The first kappa shape index (κ1) is 17.0. The highest BCUT2D eigenvalue weighted by Crippen LogP contribution is 2.17. The van der Waals surface area contributed by atoms with Crippen molar-refractivity contribution >= 4 is 11.8 Å². The Bertz CT molecular complexity index is 331. The molecular weight excluding hydrogens is 256 g/mol. The zero-order valence-electron chi connectivity index (χ0n) is 13.1. The van der Waals surface area contributed by atoms with Gasteiger partial charge < -0.3 is 15.0 Å². The van der Waals surface area contributed by atoms with Gasteiger partial charge in [0.25, 0.3) is 0 Å². The number of carbonyl (C=O) groups excluding carboxylic acids is 2. The molecule has 1 aliphatic rings.